The fraction of sp³-hybridized carbons (Fsp3) is 0.323. The Hall–Kier alpha value is -3.37. The van der Waals surface area contributed by atoms with Gasteiger partial charge < -0.3 is 14.4 Å². The van der Waals surface area contributed by atoms with Gasteiger partial charge in [-0.1, -0.05) is 77.9 Å². The lowest BCUT2D eigenvalue weighted by Crippen LogP contribution is -2.40. The Morgan fingerprint density at radius 3 is 2.20 bits per heavy atom. The van der Waals surface area contributed by atoms with Gasteiger partial charge in [0.15, 0.2) is 0 Å². The number of hydrogen-bond acceptors (Lipinski definition) is 4. The number of para-hydroxylation sites is 1. The third-order valence-electron chi connectivity index (χ3n) is 7.42. The van der Waals surface area contributed by atoms with Crippen LogP contribution in [0.3, 0.4) is 0 Å². The number of ketones is 1. The van der Waals surface area contributed by atoms with E-state index in [0.29, 0.717) is 12.8 Å². The van der Waals surface area contributed by atoms with Crippen molar-refractivity contribution in [2.75, 3.05) is 19.1 Å². The van der Waals surface area contributed by atoms with E-state index in [4.69, 9.17) is 9.47 Å². The van der Waals surface area contributed by atoms with E-state index in [1.807, 2.05) is 0 Å². The van der Waals surface area contributed by atoms with Crippen LogP contribution in [0, 0.1) is 13.8 Å². The van der Waals surface area contributed by atoms with Crippen LogP contribution in [0.2, 0.25) is 0 Å². The number of ether oxygens (including phenoxy) is 2. The Morgan fingerprint density at radius 1 is 0.886 bits per heavy atom. The average Bonchev–Trinajstić information content (AvgIpc) is 3.02. The first-order valence-corrected chi connectivity index (χ1v) is 12.3. The lowest BCUT2D eigenvalue weighted by atomic mass is 9.75. The first kappa shape index (κ1) is 23.4. The molecule has 0 bridgehead atoms. The Balaban J connectivity index is 1.78. The summed E-state index contributed by atoms with van der Waals surface area (Å²) in [7, 11) is 3.41. The predicted octanol–water partition coefficient (Wildman–Crippen LogP) is 6.43. The first-order chi connectivity index (χ1) is 17.0. The zero-order chi connectivity index (χ0) is 24.5. The maximum absolute atomic E-state index is 13.0. The highest BCUT2D eigenvalue weighted by Gasteiger charge is 2.45. The summed E-state index contributed by atoms with van der Waals surface area (Å²) in [5.41, 5.74) is 8.41. The molecule has 0 saturated heterocycles. The maximum Gasteiger partial charge on any atom is 0.143 e. The number of carbonyl (C=O) groups excluding carboxylic acids is 1. The highest BCUT2D eigenvalue weighted by Crippen LogP contribution is 2.53. The number of fused-ring (bicyclic) bond motifs is 3. The van der Waals surface area contributed by atoms with Gasteiger partial charge in [-0.25, -0.2) is 0 Å². The van der Waals surface area contributed by atoms with Crippen molar-refractivity contribution in [2.24, 2.45) is 0 Å². The summed E-state index contributed by atoms with van der Waals surface area (Å²) in [6.45, 7) is 4.97. The van der Waals surface area contributed by atoms with Crippen molar-refractivity contribution in [3.8, 4) is 0 Å². The summed E-state index contributed by atoms with van der Waals surface area (Å²) in [6, 6.07) is 26.0. The van der Waals surface area contributed by atoms with Crippen LogP contribution in [-0.4, -0.2) is 26.1 Å². The largest absolute Gasteiger partial charge is 0.501 e. The minimum Gasteiger partial charge on any atom is -0.501 e. The molecule has 180 valence electrons. The lowest BCUT2D eigenvalue weighted by molar-refractivity contribution is -0.121. The Morgan fingerprint density at radius 2 is 1.54 bits per heavy atom. The van der Waals surface area contributed by atoms with Gasteiger partial charge in [-0.15, -0.1) is 0 Å². The van der Waals surface area contributed by atoms with Gasteiger partial charge in [-0.05, 0) is 36.6 Å². The van der Waals surface area contributed by atoms with E-state index in [0.717, 1.165) is 17.9 Å². The van der Waals surface area contributed by atoms with Crippen molar-refractivity contribution < 1.29 is 14.3 Å². The number of Topliss-reactive ketones (excluding diaryl/α,β-unsaturated/α-hetero) is 1. The summed E-state index contributed by atoms with van der Waals surface area (Å²) in [6.07, 6.45) is 0.441. The summed E-state index contributed by atoms with van der Waals surface area (Å²) in [5.74, 6) is 0.868. The molecular weight excluding hydrogens is 434 g/mol. The van der Waals surface area contributed by atoms with E-state index in [1.165, 1.54) is 33.5 Å². The number of anilines is 1. The molecule has 3 atom stereocenters. The number of nitrogens with zero attached hydrogens (tertiary/aromatic N) is 1. The van der Waals surface area contributed by atoms with Crippen LogP contribution in [0.5, 0.6) is 0 Å². The van der Waals surface area contributed by atoms with Crippen LogP contribution < -0.4 is 4.90 Å². The molecule has 4 heteroatoms. The van der Waals surface area contributed by atoms with E-state index in [2.05, 4.69) is 91.5 Å². The van der Waals surface area contributed by atoms with Crippen LogP contribution >= 0.6 is 0 Å². The highest BCUT2D eigenvalue weighted by atomic mass is 16.5. The molecule has 0 spiro atoms. The fourth-order valence-electron chi connectivity index (χ4n) is 5.66. The van der Waals surface area contributed by atoms with E-state index >= 15 is 0 Å². The number of aryl methyl sites for hydroxylation is 2. The molecule has 4 nitrogen and oxygen atoms in total. The van der Waals surface area contributed by atoms with Crippen molar-refractivity contribution in [1.29, 1.82) is 0 Å². The van der Waals surface area contributed by atoms with Gasteiger partial charge in [0.1, 0.15) is 11.5 Å². The quantitative estimate of drug-likeness (QED) is 0.434. The normalized spacial score (nSPS) is 21.9. The van der Waals surface area contributed by atoms with Gasteiger partial charge >= 0.3 is 0 Å². The molecule has 2 aliphatic rings. The van der Waals surface area contributed by atoms with Crippen molar-refractivity contribution in [1.82, 2.24) is 0 Å². The molecule has 35 heavy (non-hydrogen) atoms. The molecule has 1 heterocycles. The van der Waals surface area contributed by atoms with Crippen LogP contribution in [-0.2, 0) is 20.8 Å². The summed E-state index contributed by atoms with van der Waals surface area (Å²) in [4.78, 5) is 15.4. The number of methoxy groups -OCH3 is 2. The third-order valence-corrected chi connectivity index (χ3v) is 7.42. The zero-order valence-corrected chi connectivity index (χ0v) is 21.0. The fourth-order valence-corrected chi connectivity index (χ4v) is 5.66. The predicted molar refractivity (Wildman–Crippen MR) is 140 cm³/mol. The van der Waals surface area contributed by atoms with E-state index in [-0.39, 0.29) is 23.8 Å². The number of benzene rings is 3. The minimum atomic E-state index is -0.235. The molecule has 0 amide bonds. The van der Waals surface area contributed by atoms with E-state index in [9.17, 15) is 4.79 Å². The smallest absolute Gasteiger partial charge is 0.143 e. The number of hydrogen-bond donors (Lipinski definition) is 0. The molecule has 0 radical (unpaired) electrons. The molecule has 0 unspecified atom stereocenters. The lowest BCUT2D eigenvalue weighted by Gasteiger charge is -2.46. The van der Waals surface area contributed by atoms with E-state index < -0.39 is 0 Å². The second-order valence-electron chi connectivity index (χ2n) is 9.74. The standard InChI is InChI=1S/C31H33NO3/c1-20-9-13-22(14-10-20)19-32-26-8-6-5-7-25(26)29-27(34-3)17-24(33)18-28(35-4)30(29)31(32)23-15-11-21(2)12-16-23/h5-16,27,29,31H,17-19H2,1-4H3/t27-,29-,31-/m0/s1. The van der Waals surface area contributed by atoms with Crippen molar-refractivity contribution >= 4 is 11.5 Å². The van der Waals surface area contributed by atoms with Gasteiger partial charge in [0.2, 0.25) is 0 Å². The summed E-state index contributed by atoms with van der Waals surface area (Å²) in [5, 5.41) is 0. The molecule has 1 aliphatic carbocycles. The first-order valence-electron chi connectivity index (χ1n) is 12.3. The molecule has 3 aromatic rings. The van der Waals surface area contributed by atoms with Gasteiger partial charge in [0, 0.05) is 37.3 Å². The molecule has 0 fully saturated rings. The number of allylic oxidation sites excluding steroid dienone is 1. The van der Waals surface area contributed by atoms with Crippen LogP contribution in [0.25, 0.3) is 0 Å². The Bertz CT molecular complexity index is 1240. The number of rotatable bonds is 5. The number of carbonyl (C=O) groups is 1. The van der Waals surface area contributed by atoms with Crippen LogP contribution in [0.1, 0.15) is 52.6 Å². The SMILES string of the molecule is COC1=C2[C@H](c3ccc(C)cc3)N(Cc3ccc(C)cc3)c3ccccc3[C@H]2[C@@H](OC)CC(=O)C1. The summed E-state index contributed by atoms with van der Waals surface area (Å²) < 4.78 is 12.0. The molecule has 0 saturated carbocycles. The third kappa shape index (κ3) is 4.39. The van der Waals surface area contributed by atoms with Gasteiger partial charge in [0.25, 0.3) is 0 Å². The minimum absolute atomic E-state index is 0.0572. The second-order valence-corrected chi connectivity index (χ2v) is 9.74. The zero-order valence-electron chi connectivity index (χ0n) is 21.0. The van der Waals surface area contributed by atoms with Gasteiger partial charge in [0.05, 0.1) is 25.7 Å². The van der Waals surface area contributed by atoms with Gasteiger partial charge in [-0.2, -0.15) is 0 Å². The monoisotopic (exact) mass is 467 g/mol. The van der Waals surface area contributed by atoms with Gasteiger partial charge in [-0.3, -0.25) is 4.79 Å². The summed E-state index contributed by atoms with van der Waals surface area (Å²) >= 11 is 0. The molecular formula is C31H33NO3. The highest BCUT2D eigenvalue weighted by molar-refractivity contribution is 5.83. The molecule has 0 N–H and O–H groups in total. The molecule has 1 aliphatic heterocycles. The molecule has 5 rings (SSSR count). The maximum atomic E-state index is 13.0. The Kier molecular flexibility index (Phi) is 6.48. The Labute approximate surface area is 208 Å². The van der Waals surface area contributed by atoms with E-state index in [1.54, 1.807) is 14.2 Å². The van der Waals surface area contributed by atoms with Crippen LogP contribution in [0.4, 0.5) is 5.69 Å². The van der Waals surface area contributed by atoms with Crippen LogP contribution in [0.15, 0.2) is 84.1 Å². The van der Waals surface area contributed by atoms with Crippen molar-refractivity contribution in [2.45, 2.75) is 51.3 Å². The van der Waals surface area contributed by atoms with Crippen molar-refractivity contribution in [3.05, 3.63) is 112 Å². The average molecular weight is 468 g/mol. The molecule has 0 aromatic heterocycles. The molecule has 3 aromatic carbocycles. The van der Waals surface area contributed by atoms with Crippen molar-refractivity contribution in [3.63, 3.8) is 0 Å². The second kappa shape index (κ2) is 9.71. The topological polar surface area (TPSA) is 38.8 Å².